The molecule has 2 aromatic heterocycles. The van der Waals surface area contributed by atoms with Crippen LogP contribution in [0.4, 0.5) is 9.59 Å². The third-order valence-electron chi connectivity index (χ3n) is 9.85. The van der Waals surface area contributed by atoms with Crippen molar-refractivity contribution in [2.75, 3.05) is 19.6 Å². The third-order valence-corrected chi connectivity index (χ3v) is 12.3. The van der Waals surface area contributed by atoms with E-state index >= 15 is 0 Å². The number of aliphatic hydroxyl groups is 1. The summed E-state index contributed by atoms with van der Waals surface area (Å²) in [7, 11) is -4.09. The van der Waals surface area contributed by atoms with Crippen LogP contribution in [-0.2, 0) is 38.3 Å². The Hall–Kier alpha value is -5.43. The number of hydrazine groups is 1. The normalized spacial score (nSPS) is 15.3. The lowest BCUT2D eigenvalue weighted by Gasteiger charge is -2.34. The van der Waals surface area contributed by atoms with E-state index in [2.05, 4.69) is 26.0 Å². The number of aryl methyl sites for hydroxylation is 1. The zero-order chi connectivity index (χ0) is 42.9. The van der Waals surface area contributed by atoms with E-state index in [1.807, 2.05) is 72.8 Å². The first kappa shape index (κ1) is 44.7. The van der Waals surface area contributed by atoms with Crippen molar-refractivity contribution in [3.8, 4) is 11.3 Å². The molecule has 5 amide bonds. The third kappa shape index (κ3) is 12.1. The second-order valence-electron chi connectivity index (χ2n) is 15.2. The van der Waals surface area contributed by atoms with Crippen molar-refractivity contribution in [1.29, 1.82) is 0 Å². The molecule has 0 spiro atoms. The van der Waals surface area contributed by atoms with Crippen LogP contribution in [0.5, 0.6) is 0 Å². The number of benzene rings is 2. The van der Waals surface area contributed by atoms with Gasteiger partial charge in [0.05, 0.1) is 35.1 Å². The van der Waals surface area contributed by atoms with Crippen molar-refractivity contribution in [3.63, 3.8) is 0 Å². The van der Waals surface area contributed by atoms with Gasteiger partial charge in [0.2, 0.25) is 15.9 Å². The Morgan fingerprint density at radius 3 is 2.19 bits per heavy atom. The van der Waals surface area contributed by atoms with Gasteiger partial charge in [-0.3, -0.25) is 20.0 Å². The van der Waals surface area contributed by atoms with E-state index in [9.17, 15) is 37.8 Å². The molecule has 1 aliphatic rings. The highest BCUT2D eigenvalue weighted by Gasteiger charge is 2.44. The minimum atomic E-state index is -4.09. The van der Waals surface area contributed by atoms with Gasteiger partial charge >= 0.3 is 12.1 Å². The number of aromatic nitrogens is 2. The van der Waals surface area contributed by atoms with Gasteiger partial charge in [0.1, 0.15) is 17.8 Å². The van der Waals surface area contributed by atoms with Gasteiger partial charge in [0.25, 0.3) is 5.91 Å². The fraction of sp³-hybridized carbons (Fsp3) is 0.415. The summed E-state index contributed by atoms with van der Waals surface area (Å²) in [5.74, 6) is -2.54. The molecule has 4 aromatic rings. The first-order chi connectivity index (χ1) is 28.0. The summed E-state index contributed by atoms with van der Waals surface area (Å²) in [6, 6.07) is 18.3. The number of hydrogen-bond acceptors (Lipinski definition) is 11. The van der Waals surface area contributed by atoms with E-state index in [1.54, 1.807) is 46.2 Å². The van der Waals surface area contributed by atoms with Crippen LogP contribution in [0.1, 0.15) is 49.5 Å². The predicted molar refractivity (Wildman–Crippen MR) is 223 cm³/mol. The smallest absolute Gasteiger partial charge is 0.405 e. The Morgan fingerprint density at radius 2 is 1.59 bits per heavy atom. The topological polar surface area (TPSA) is 214 Å². The maximum absolute atomic E-state index is 14.3. The van der Waals surface area contributed by atoms with Gasteiger partial charge < -0.3 is 25.7 Å². The van der Waals surface area contributed by atoms with Crippen LogP contribution in [0.15, 0.2) is 84.4 Å². The number of nitrogens with zero attached hydrogens (tertiary/aromatic N) is 5. The standard InChI is InChI=1S/C41H52N8O8S2/c1-26(2)36(45-40(53)54)38(51)46-47(22-30-14-16-31(17-15-30)33-13-9-10-18-42-33)23-35(50)34(21-29-11-7-6-8-12-29)44-39(52)37(27(3)4)48-19-20-49(41(48)55)59(56,57)25-32-24-58-28(5)43-32/h6-18,24,26-27,34-37,45,50H,19-23,25H2,1-5H3,(H,44,52)(H,46,51)(H,53,54)/t34-,35-,36-,37-/m0/s1. The van der Waals surface area contributed by atoms with Crippen LogP contribution in [0.3, 0.4) is 0 Å². The highest BCUT2D eigenvalue weighted by atomic mass is 32.2. The molecule has 1 saturated heterocycles. The number of rotatable bonds is 19. The lowest BCUT2D eigenvalue weighted by molar-refractivity contribution is -0.131. The van der Waals surface area contributed by atoms with E-state index in [1.165, 1.54) is 21.2 Å². The summed E-state index contributed by atoms with van der Waals surface area (Å²) in [5, 5.41) is 30.5. The van der Waals surface area contributed by atoms with Crippen LogP contribution in [-0.4, -0.2) is 111 Å². The number of hydrogen-bond donors (Lipinski definition) is 5. The highest BCUT2D eigenvalue weighted by molar-refractivity contribution is 7.88. The Balaban J connectivity index is 1.39. The second-order valence-corrected chi connectivity index (χ2v) is 18.1. The maximum atomic E-state index is 14.3. The first-order valence-electron chi connectivity index (χ1n) is 19.3. The zero-order valence-corrected chi connectivity index (χ0v) is 35.3. The molecule has 5 N–H and O–H groups in total. The molecule has 0 saturated carbocycles. The minimum Gasteiger partial charge on any atom is -0.465 e. The molecule has 5 rings (SSSR count). The summed E-state index contributed by atoms with van der Waals surface area (Å²) >= 11 is 1.31. The van der Waals surface area contributed by atoms with Crippen molar-refractivity contribution in [1.82, 2.24) is 40.2 Å². The monoisotopic (exact) mass is 848 g/mol. The molecule has 59 heavy (non-hydrogen) atoms. The first-order valence-corrected chi connectivity index (χ1v) is 21.8. The molecule has 0 bridgehead atoms. The molecule has 3 heterocycles. The number of urea groups is 1. The number of amides is 5. The molecule has 316 valence electrons. The molecular formula is C41H52N8O8S2. The summed E-state index contributed by atoms with van der Waals surface area (Å²) in [6.07, 6.45) is -0.832. The fourth-order valence-electron chi connectivity index (χ4n) is 6.94. The Morgan fingerprint density at radius 1 is 0.898 bits per heavy atom. The molecule has 0 radical (unpaired) electrons. The van der Waals surface area contributed by atoms with Crippen LogP contribution >= 0.6 is 11.3 Å². The summed E-state index contributed by atoms with van der Waals surface area (Å²) in [6.45, 7) is 8.40. The summed E-state index contributed by atoms with van der Waals surface area (Å²) in [5.41, 5.74) is 6.31. The lowest BCUT2D eigenvalue weighted by atomic mass is 9.97. The van der Waals surface area contributed by atoms with E-state index in [-0.39, 0.29) is 32.6 Å². The van der Waals surface area contributed by atoms with Crippen LogP contribution in [0.25, 0.3) is 11.3 Å². The number of aliphatic hydroxyl groups excluding tert-OH is 1. The van der Waals surface area contributed by atoms with Crippen molar-refractivity contribution >= 4 is 45.3 Å². The minimum absolute atomic E-state index is 0.0172. The number of nitrogens with one attached hydrogen (secondary N) is 3. The summed E-state index contributed by atoms with van der Waals surface area (Å²) < 4.78 is 27.5. The van der Waals surface area contributed by atoms with Crippen molar-refractivity contribution in [2.24, 2.45) is 11.8 Å². The van der Waals surface area contributed by atoms with Crippen LogP contribution in [0.2, 0.25) is 0 Å². The van der Waals surface area contributed by atoms with Gasteiger partial charge in [-0.1, -0.05) is 88.4 Å². The van der Waals surface area contributed by atoms with Crippen molar-refractivity contribution in [2.45, 2.75) is 77.6 Å². The largest absolute Gasteiger partial charge is 0.465 e. The number of carbonyl (C=O) groups excluding carboxylic acids is 3. The maximum Gasteiger partial charge on any atom is 0.405 e. The number of pyridine rings is 1. The number of carbonyl (C=O) groups is 4. The molecule has 0 unspecified atom stereocenters. The number of thiazole rings is 1. The van der Waals surface area contributed by atoms with E-state index < -0.39 is 75.8 Å². The van der Waals surface area contributed by atoms with Gasteiger partial charge in [0.15, 0.2) is 0 Å². The predicted octanol–water partition coefficient (Wildman–Crippen LogP) is 4.02. The quantitative estimate of drug-likeness (QED) is 0.0851. The molecule has 1 aliphatic heterocycles. The van der Waals surface area contributed by atoms with Crippen LogP contribution < -0.4 is 16.1 Å². The Labute approximate surface area is 348 Å². The molecular weight excluding hydrogens is 797 g/mol. The van der Waals surface area contributed by atoms with Gasteiger partial charge in [-0.15, -0.1) is 11.3 Å². The molecule has 18 heteroatoms. The number of sulfonamides is 1. The SMILES string of the molecule is Cc1nc(CS(=O)(=O)N2CCN([C@H](C(=O)N[C@@H](Cc3ccccc3)[C@@H](O)CN(Cc3ccc(-c4ccccn4)cc3)NC(=O)[C@@H](NC(=O)O)C(C)C)C(C)C)C2=O)cs1. The van der Waals surface area contributed by atoms with E-state index in [0.717, 1.165) is 26.7 Å². The van der Waals surface area contributed by atoms with Gasteiger partial charge in [-0.2, -0.15) is 0 Å². The average Bonchev–Trinajstić information content (AvgIpc) is 3.78. The highest BCUT2D eigenvalue weighted by Crippen LogP contribution is 2.24. The van der Waals surface area contributed by atoms with Crippen molar-refractivity contribution in [3.05, 3.63) is 106 Å². The lowest BCUT2D eigenvalue weighted by Crippen LogP contribution is -2.59. The van der Waals surface area contributed by atoms with Crippen LogP contribution in [0, 0.1) is 18.8 Å². The molecule has 4 atom stereocenters. The molecule has 1 fully saturated rings. The zero-order valence-electron chi connectivity index (χ0n) is 33.7. The van der Waals surface area contributed by atoms with Gasteiger partial charge in [-0.05, 0) is 48.4 Å². The van der Waals surface area contributed by atoms with Gasteiger partial charge in [-0.25, -0.2) is 32.3 Å². The summed E-state index contributed by atoms with van der Waals surface area (Å²) in [4.78, 5) is 63.1. The Kier molecular flexibility index (Phi) is 15.2. The molecule has 2 aromatic carbocycles. The van der Waals surface area contributed by atoms with Crippen molar-refractivity contribution < 1.29 is 37.8 Å². The number of carboxylic acid groups (broad SMARTS) is 1. The molecule has 16 nitrogen and oxygen atoms in total. The van der Waals surface area contributed by atoms with E-state index in [0.29, 0.717) is 10.7 Å². The Bertz CT molecular complexity index is 2150. The molecule has 0 aliphatic carbocycles. The van der Waals surface area contributed by atoms with E-state index in [4.69, 9.17) is 0 Å². The average molecular weight is 849 g/mol. The second kappa shape index (κ2) is 20.0. The van der Waals surface area contributed by atoms with Gasteiger partial charge in [0, 0.05) is 36.8 Å². The fourth-order valence-corrected chi connectivity index (χ4v) is 9.04.